The first-order valence-corrected chi connectivity index (χ1v) is 7.52. The van der Waals surface area contributed by atoms with E-state index in [4.69, 9.17) is 4.74 Å². The molecule has 2 aromatic heterocycles. The van der Waals surface area contributed by atoms with Crippen LogP contribution in [-0.2, 0) is 4.74 Å². The van der Waals surface area contributed by atoms with Gasteiger partial charge in [0.05, 0.1) is 12.2 Å². The Balaban J connectivity index is 1.62. The van der Waals surface area contributed by atoms with Crippen molar-refractivity contribution < 1.29 is 9.53 Å². The highest BCUT2D eigenvalue weighted by Gasteiger charge is 2.16. The van der Waals surface area contributed by atoms with Gasteiger partial charge in [0.25, 0.3) is 0 Å². The summed E-state index contributed by atoms with van der Waals surface area (Å²) in [6, 6.07) is 3.49. The average molecular weight is 277 g/mol. The van der Waals surface area contributed by atoms with Crippen LogP contribution in [0.1, 0.15) is 23.2 Å². The first-order chi connectivity index (χ1) is 9.33. The molecule has 0 spiro atoms. The number of esters is 1. The minimum absolute atomic E-state index is 0.270. The number of rotatable bonds is 3. The Morgan fingerprint density at radius 3 is 3.11 bits per heavy atom. The number of pyridine rings is 1. The molecular weight excluding hydrogens is 262 g/mol. The molecule has 100 valence electrons. The summed E-state index contributed by atoms with van der Waals surface area (Å²) in [4.78, 5) is 12.0. The second-order valence-electron chi connectivity index (χ2n) is 4.67. The molecule has 2 aromatic rings. The molecular formula is C13H15N3O2S. The topological polar surface area (TPSA) is 56.5 Å². The van der Waals surface area contributed by atoms with Crippen LogP contribution in [0.5, 0.6) is 0 Å². The van der Waals surface area contributed by atoms with Crippen molar-refractivity contribution >= 4 is 23.4 Å². The maximum absolute atomic E-state index is 12.0. The van der Waals surface area contributed by atoms with Crippen LogP contribution in [0.25, 0.3) is 5.65 Å². The molecule has 19 heavy (non-hydrogen) atoms. The number of carbonyl (C=O) groups is 1. The first-order valence-electron chi connectivity index (χ1n) is 6.37. The van der Waals surface area contributed by atoms with Gasteiger partial charge < -0.3 is 4.74 Å². The molecule has 0 N–H and O–H groups in total. The summed E-state index contributed by atoms with van der Waals surface area (Å²) in [5, 5.41) is 7.68. The third kappa shape index (κ3) is 2.89. The summed E-state index contributed by atoms with van der Waals surface area (Å²) in [5.74, 6) is 2.60. The van der Waals surface area contributed by atoms with Crippen LogP contribution in [0.4, 0.5) is 0 Å². The number of nitrogens with zero attached hydrogens (tertiary/aromatic N) is 3. The second kappa shape index (κ2) is 5.61. The second-order valence-corrected chi connectivity index (χ2v) is 5.89. The van der Waals surface area contributed by atoms with Crippen molar-refractivity contribution in [1.82, 2.24) is 14.6 Å². The number of hydrogen-bond donors (Lipinski definition) is 0. The van der Waals surface area contributed by atoms with E-state index < -0.39 is 0 Å². The minimum atomic E-state index is -0.270. The molecule has 3 rings (SSSR count). The molecule has 1 aliphatic rings. The molecule has 0 aromatic carbocycles. The van der Waals surface area contributed by atoms with Gasteiger partial charge >= 0.3 is 5.97 Å². The Hall–Kier alpha value is -1.56. The van der Waals surface area contributed by atoms with Crippen LogP contribution >= 0.6 is 11.8 Å². The molecule has 0 unspecified atom stereocenters. The molecule has 1 saturated heterocycles. The van der Waals surface area contributed by atoms with Crippen LogP contribution in [0.2, 0.25) is 0 Å². The maximum atomic E-state index is 12.0. The summed E-state index contributed by atoms with van der Waals surface area (Å²) in [7, 11) is 0. The van der Waals surface area contributed by atoms with Gasteiger partial charge in [-0.05, 0) is 42.4 Å². The molecule has 6 heteroatoms. The Morgan fingerprint density at radius 2 is 2.26 bits per heavy atom. The zero-order valence-electron chi connectivity index (χ0n) is 10.5. The predicted molar refractivity (Wildman–Crippen MR) is 73.3 cm³/mol. The standard InChI is InChI=1S/C13H15N3O2S/c17-13(18-8-10-3-5-19-6-4-10)11-1-2-12-15-14-9-16(12)7-11/h1-2,7,9-10H,3-6,8H2. The first kappa shape index (κ1) is 12.5. The minimum Gasteiger partial charge on any atom is -0.462 e. The smallest absolute Gasteiger partial charge is 0.339 e. The van der Waals surface area contributed by atoms with Crippen molar-refractivity contribution in [3.8, 4) is 0 Å². The summed E-state index contributed by atoms with van der Waals surface area (Å²) in [6.07, 6.45) is 5.56. The molecule has 1 aliphatic heterocycles. The largest absolute Gasteiger partial charge is 0.462 e. The number of thioether (sulfide) groups is 1. The maximum Gasteiger partial charge on any atom is 0.339 e. The normalized spacial score (nSPS) is 16.6. The van der Waals surface area contributed by atoms with Crippen LogP contribution < -0.4 is 0 Å². The lowest BCUT2D eigenvalue weighted by molar-refractivity contribution is 0.0432. The van der Waals surface area contributed by atoms with Gasteiger partial charge in [-0.15, -0.1) is 10.2 Å². The van der Waals surface area contributed by atoms with Crippen LogP contribution in [0, 0.1) is 5.92 Å². The lowest BCUT2D eigenvalue weighted by Gasteiger charge is -2.20. The Kier molecular flexibility index (Phi) is 3.68. The molecule has 0 bridgehead atoms. The molecule has 0 atom stereocenters. The summed E-state index contributed by atoms with van der Waals surface area (Å²) in [6.45, 7) is 0.527. The van der Waals surface area contributed by atoms with Crippen LogP contribution in [0.3, 0.4) is 0 Å². The van der Waals surface area contributed by atoms with Crippen LogP contribution in [0.15, 0.2) is 24.7 Å². The van der Waals surface area contributed by atoms with E-state index in [1.165, 1.54) is 11.5 Å². The molecule has 3 heterocycles. The Bertz CT molecular complexity index is 578. The molecule has 0 saturated carbocycles. The Labute approximate surface area is 115 Å². The number of hydrogen-bond acceptors (Lipinski definition) is 5. The van der Waals surface area contributed by atoms with Gasteiger partial charge in [0.1, 0.15) is 6.33 Å². The number of fused-ring (bicyclic) bond motifs is 1. The zero-order valence-corrected chi connectivity index (χ0v) is 11.3. The fraction of sp³-hybridized carbons (Fsp3) is 0.462. The van der Waals surface area contributed by atoms with E-state index in [0.29, 0.717) is 18.1 Å². The van der Waals surface area contributed by atoms with Crippen molar-refractivity contribution in [2.24, 2.45) is 5.92 Å². The van der Waals surface area contributed by atoms with Gasteiger partial charge in [-0.1, -0.05) is 0 Å². The van der Waals surface area contributed by atoms with Crippen molar-refractivity contribution in [2.45, 2.75) is 12.8 Å². The summed E-state index contributed by atoms with van der Waals surface area (Å²) < 4.78 is 7.11. The highest BCUT2D eigenvalue weighted by molar-refractivity contribution is 7.99. The van der Waals surface area contributed by atoms with Crippen molar-refractivity contribution in [1.29, 1.82) is 0 Å². The van der Waals surface area contributed by atoms with E-state index in [9.17, 15) is 4.79 Å². The molecule has 5 nitrogen and oxygen atoms in total. The van der Waals surface area contributed by atoms with E-state index in [0.717, 1.165) is 18.5 Å². The number of aromatic nitrogens is 3. The van der Waals surface area contributed by atoms with E-state index in [1.807, 2.05) is 11.8 Å². The monoisotopic (exact) mass is 277 g/mol. The van der Waals surface area contributed by atoms with Gasteiger partial charge in [0.2, 0.25) is 0 Å². The summed E-state index contributed by atoms with van der Waals surface area (Å²) >= 11 is 1.97. The number of carbonyl (C=O) groups excluding carboxylic acids is 1. The van der Waals surface area contributed by atoms with Crippen LogP contribution in [-0.4, -0.2) is 38.7 Å². The molecule has 0 radical (unpaired) electrons. The lowest BCUT2D eigenvalue weighted by atomic mass is 10.0. The van der Waals surface area contributed by atoms with Gasteiger partial charge in [-0.25, -0.2) is 4.79 Å². The van der Waals surface area contributed by atoms with E-state index in [2.05, 4.69) is 10.2 Å². The predicted octanol–water partition coefficient (Wildman–Crippen LogP) is 2.03. The highest BCUT2D eigenvalue weighted by Crippen LogP contribution is 2.23. The molecule has 1 fully saturated rings. The van der Waals surface area contributed by atoms with Crippen molar-refractivity contribution in [3.05, 3.63) is 30.2 Å². The fourth-order valence-electron chi connectivity index (χ4n) is 2.14. The summed E-state index contributed by atoms with van der Waals surface area (Å²) in [5.41, 5.74) is 1.26. The van der Waals surface area contributed by atoms with Gasteiger partial charge in [-0.2, -0.15) is 11.8 Å². The van der Waals surface area contributed by atoms with E-state index in [-0.39, 0.29) is 5.97 Å². The van der Waals surface area contributed by atoms with Crippen molar-refractivity contribution in [3.63, 3.8) is 0 Å². The average Bonchev–Trinajstić information content (AvgIpc) is 2.93. The SMILES string of the molecule is O=C(OCC1CCSCC1)c1ccc2nncn2c1. The van der Waals surface area contributed by atoms with Crippen molar-refractivity contribution in [2.75, 3.05) is 18.1 Å². The third-order valence-electron chi connectivity index (χ3n) is 3.32. The number of ether oxygens (including phenoxy) is 1. The van der Waals surface area contributed by atoms with Gasteiger partial charge in [-0.3, -0.25) is 4.40 Å². The Morgan fingerprint density at radius 1 is 1.42 bits per heavy atom. The highest BCUT2D eigenvalue weighted by atomic mass is 32.2. The quantitative estimate of drug-likeness (QED) is 0.803. The zero-order chi connectivity index (χ0) is 13.1. The van der Waals surface area contributed by atoms with E-state index in [1.54, 1.807) is 29.1 Å². The lowest BCUT2D eigenvalue weighted by Crippen LogP contribution is -2.18. The third-order valence-corrected chi connectivity index (χ3v) is 4.37. The molecule has 0 aliphatic carbocycles. The molecule has 0 amide bonds. The van der Waals surface area contributed by atoms with Gasteiger partial charge in [0, 0.05) is 6.20 Å². The van der Waals surface area contributed by atoms with Gasteiger partial charge in [0.15, 0.2) is 5.65 Å². The van der Waals surface area contributed by atoms with E-state index >= 15 is 0 Å². The fourth-order valence-corrected chi connectivity index (χ4v) is 3.34.